The van der Waals surface area contributed by atoms with Crippen LogP contribution in [0.25, 0.3) is 0 Å². The number of carbonyl (C=O) groups excluding carboxylic acids is 1. The highest BCUT2D eigenvalue weighted by atomic mass is 127. The molecule has 7 heteroatoms. The van der Waals surface area contributed by atoms with E-state index in [1.165, 1.54) is 16.8 Å². The molecule has 0 fully saturated rings. The predicted octanol–water partition coefficient (Wildman–Crippen LogP) is 2.87. The van der Waals surface area contributed by atoms with Gasteiger partial charge in [0, 0.05) is 6.20 Å². The minimum Gasteiger partial charge on any atom is -0.321 e. The van der Waals surface area contributed by atoms with Crippen molar-refractivity contribution < 1.29 is 9.18 Å². The lowest BCUT2D eigenvalue weighted by molar-refractivity contribution is -0.123. The first-order valence-corrected chi connectivity index (χ1v) is 7.14. The molecule has 0 bridgehead atoms. The van der Waals surface area contributed by atoms with Gasteiger partial charge in [-0.05, 0) is 54.6 Å². The number of anilines is 1. The van der Waals surface area contributed by atoms with Crippen LogP contribution >= 0.6 is 22.6 Å². The molecule has 1 aromatic carbocycles. The Morgan fingerprint density at radius 3 is 2.76 bits per heavy atom. The third-order valence-electron chi connectivity index (χ3n) is 3.03. The Kier molecular flexibility index (Phi) is 4.27. The number of nitrogens with one attached hydrogen (secondary N) is 1. The molecular weight excluding hydrogens is 386 g/mol. The SMILES string of the molecule is CC(C)(C(=O)Nc1ccc(C#N)cc1F)n1cc(I)cn1. The van der Waals surface area contributed by atoms with E-state index >= 15 is 0 Å². The van der Waals surface area contributed by atoms with Crippen LogP contribution in [0.1, 0.15) is 19.4 Å². The van der Waals surface area contributed by atoms with Crippen molar-refractivity contribution in [1.29, 1.82) is 5.26 Å². The molecular formula is C14H12FIN4O. The molecule has 5 nitrogen and oxygen atoms in total. The van der Waals surface area contributed by atoms with Gasteiger partial charge >= 0.3 is 0 Å². The first kappa shape index (κ1) is 15.4. The van der Waals surface area contributed by atoms with Gasteiger partial charge in [0.15, 0.2) is 0 Å². The molecule has 0 aliphatic rings. The zero-order chi connectivity index (χ0) is 15.6. The van der Waals surface area contributed by atoms with Crippen LogP contribution in [0.4, 0.5) is 10.1 Å². The summed E-state index contributed by atoms with van der Waals surface area (Å²) in [5.41, 5.74) is -0.732. The third kappa shape index (κ3) is 3.21. The molecule has 108 valence electrons. The number of rotatable bonds is 3. The monoisotopic (exact) mass is 398 g/mol. The number of amides is 1. The lowest BCUT2D eigenvalue weighted by Gasteiger charge is -2.24. The highest BCUT2D eigenvalue weighted by Gasteiger charge is 2.31. The Morgan fingerprint density at radius 2 is 2.24 bits per heavy atom. The number of nitrogens with zero attached hydrogens (tertiary/aromatic N) is 3. The van der Waals surface area contributed by atoms with E-state index in [4.69, 9.17) is 5.26 Å². The maximum atomic E-state index is 13.8. The molecule has 1 aromatic heterocycles. The molecule has 0 atom stereocenters. The van der Waals surface area contributed by atoms with Crippen LogP contribution in [-0.2, 0) is 10.3 Å². The van der Waals surface area contributed by atoms with Crippen molar-refractivity contribution in [3.63, 3.8) is 0 Å². The van der Waals surface area contributed by atoms with Gasteiger partial charge in [-0.25, -0.2) is 4.39 Å². The van der Waals surface area contributed by atoms with E-state index in [1.54, 1.807) is 26.2 Å². The first-order valence-electron chi connectivity index (χ1n) is 6.06. The van der Waals surface area contributed by atoms with Crippen LogP contribution in [0.3, 0.4) is 0 Å². The van der Waals surface area contributed by atoms with Crippen molar-refractivity contribution in [1.82, 2.24) is 9.78 Å². The second kappa shape index (κ2) is 5.81. The molecule has 0 radical (unpaired) electrons. The van der Waals surface area contributed by atoms with Gasteiger partial charge < -0.3 is 5.32 Å². The maximum Gasteiger partial charge on any atom is 0.251 e. The minimum atomic E-state index is -0.968. The number of nitriles is 1. The van der Waals surface area contributed by atoms with Crippen LogP contribution < -0.4 is 5.32 Å². The molecule has 1 heterocycles. The first-order chi connectivity index (χ1) is 9.84. The normalized spacial score (nSPS) is 11.0. The van der Waals surface area contributed by atoms with Crippen molar-refractivity contribution >= 4 is 34.2 Å². The van der Waals surface area contributed by atoms with Crippen molar-refractivity contribution in [2.45, 2.75) is 19.4 Å². The fourth-order valence-corrected chi connectivity index (χ4v) is 2.06. The summed E-state index contributed by atoms with van der Waals surface area (Å²) < 4.78 is 16.2. The average molecular weight is 398 g/mol. The van der Waals surface area contributed by atoms with Gasteiger partial charge in [-0.2, -0.15) is 10.4 Å². The summed E-state index contributed by atoms with van der Waals surface area (Å²) in [7, 11) is 0. The fourth-order valence-electron chi connectivity index (χ4n) is 1.67. The Balaban J connectivity index is 2.23. The fraction of sp³-hybridized carbons (Fsp3) is 0.214. The summed E-state index contributed by atoms with van der Waals surface area (Å²) in [6.07, 6.45) is 3.37. The summed E-state index contributed by atoms with van der Waals surface area (Å²) in [5.74, 6) is -1.04. The zero-order valence-electron chi connectivity index (χ0n) is 11.4. The van der Waals surface area contributed by atoms with E-state index in [1.807, 2.05) is 6.07 Å². The molecule has 0 spiro atoms. The molecule has 2 rings (SSSR count). The van der Waals surface area contributed by atoms with Gasteiger partial charge in [-0.1, -0.05) is 0 Å². The van der Waals surface area contributed by atoms with E-state index in [-0.39, 0.29) is 11.3 Å². The second-order valence-electron chi connectivity index (χ2n) is 4.92. The summed E-state index contributed by atoms with van der Waals surface area (Å²) in [6.45, 7) is 3.37. The van der Waals surface area contributed by atoms with E-state index in [2.05, 4.69) is 33.0 Å². The summed E-state index contributed by atoms with van der Waals surface area (Å²) in [5, 5.41) is 15.3. The van der Waals surface area contributed by atoms with E-state index < -0.39 is 17.3 Å². The lowest BCUT2D eigenvalue weighted by Crippen LogP contribution is -2.40. The van der Waals surface area contributed by atoms with Gasteiger partial charge in [-0.15, -0.1) is 0 Å². The number of carbonyl (C=O) groups is 1. The summed E-state index contributed by atoms with van der Waals surface area (Å²) >= 11 is 2.10. The molecule has 0 aliphatic carbocycles. The van der Waals surface area contributed by atoms with Gasteiger partial charge in [0.2, 0.25) is 0 Å². The molecule has 0 aliphatic heterocycles. The Labute approximate surface area is 134 Å². The van der Waals surface area contributed by atoms with Crippen LogP contribution in [0.5, 0.6) is 0 Å². The van der Waals surface area contributed by atoms with E-state index in [0.29, 0.717) is 0 Å². The highest BCUT2D eigenvalue weighted by molar-refractivity contribution is 14.1. The smallest absolute Gasteiger partial charge is 0.251 e. The quantitative estimate of drug-likeness (QED) is 0.809. The Bertz CT molecular complexity index is 733. The Hall–Kier alpha value is -1.95. The number of hydrogen-bond donors (Lipinski definition) is 1. The molecule has 0 unspecified atom stereocenters. The molecule has 0 saturated carbocycles. The van der Waals surface area contributed by atoms with Crippen LogP contribution in [0.15, 0.2) is 30.6 Å². The second-order valence-corrected chi connectivity index (χ2v) is 6.17. The lowest BCUT2D eigenvalue weighted by atomic mass is 10.0. The van der Waals surface area contributed by atoms with Crippen molar-refractivity contribution in [2.75, 3.05) is 5.32 Å². The third-order valence-corrected chi connectivity index (χ3v) is 3.58. The Morgan fingerprint density at radius 1 is 1.52 bits per heavy atom. The number of aromatic nitrogens is 2. The summed E-state index contributed by atoms with van der Waals surface area (Å²) in [6, 6.07) is 5.74. The van der Waals surface area contributed by atoms with E-state index in [0.717, 1.165) is 9.64 Å². The maximum absolute atomic E-state index is 13.8. The molecule has 2 aromatic rings. The number of hydrogen-bond acceptors (Lipinski definition) is 3. The van der Waals surface area contributed by atoms with Gasteiger partial charge in [0.25, 0.3) is 5.91 Å². The largest absolute Gasteiger partial charge is 0.321 e. The van der Waals surface area contributed by atoms with Crippen LogP contribution in [-0.4, -0.2) is 15.7 Å². The average Bonchev–Trinajstić information content (AvgIpc) is 2.88. The van der Waals surface area contributed by atoms with Crippen molar-refractivity contribution in [2.24, 2.45) is 0 Å². The topological polar surface area (TPSA) is 70.7 Å². The number of halogens is 2. The standard InChI is InChI=1S/C14H12FIN4O/c1-14(2,20-8-10(16)7-18-20)13(21)19-12-4-3-9(6-17)5-11(12)15/h3-5,7-8H,1-2H3,(H,19,21). The minimum absolute atomic E-state index is 0.0360. The number of benzene rings is 1. The predicted molar refractivity (Wildman–Crippen MR) is 84.0 cm³/mol. The summed E-state index contributed by atoms with van der Waals surface area (Å²) in [4.78, 5) is 12.3. The molecule has 21 heavy (non-hydrogen) atoms. The molecule has 0 saturated heterocycles. The van der Waals surface area contributed by atoms with Crippen molar-refractivity contribution in [3.8, 4) is 6.07 Å². The van der Waals surface area contributed by atoms with Crippen LogP contribution in [0, 0.1) is 20.7 Å². The van der Waals surface area contributed by atoms with Gasteiger partial charge in [-0.3, -0.25) is 9.48 Å². The van der Waals surface area contributed by atoms with Gasteiger partial charge in [0.1, 0.15) is 11.4 Å². The van der Waals surface area contributed by atoms with Crippen molar-refractivity contribution in [3.05, 3.63) is 45.5 Å². The van der Waals surface area contributed by atoms with E-state index in [9.17, 15) is 9.18 Å². The molecule has 1 N–H and O–H groups in total. The molecule has 1 amide bonds. The van der Waals surface area contributed by atoms with Gasteiger partial charge in [0.05, 0.1) is 27.1 Å². The zero-order valence-corrected chi connectivity index (χ0v) is 13.6. The van der Waals surface area contributed by atoms with Crippen LogP contribution in [0.2, 0.25) is 0 Å². The highest BCUT2D eigenvalue weighted by Crippen LogP contribution is 2.21.